The molecule has 0 radical (unpaired) electrons. The molecule has 1 aromatic heterocycles. The fourth-order valence-electron chi connectivity index (χ4n) is 2.60. The average Bonchev–Trinajstić information content (AvgIpc) is 3.17. The van der Waals surface area contributed by atoms with Gasteiger partial charge in [0.15, 0.2) is 5.96 Å². The van der Waals surface area contributed by atoms with Gasteiger partial charge in [0.25, 0.3) is 0 Å². The summed E-state index contributed by atoms with van der Waals surface area (Å²) in [4.78, 5) is 8.17. The first-order valence-corrected chi connectivity index (χ1v) is 9.02. The summed E-state index contributed by atoms with van der Waals surface area (Å²) in [7, 11) is 1.45. The van der Waals surface area contributed by atoms with Gasteiger partial charge in [0.2, 0.25) is 11.7 Å². The van der Waals surface area contributed by atoms with E-state index in [1.165, 1.54) is 7.05 Å². The second-order valence-electron chi connectivity index (χ2n) is 6.10. The lowest BCUT2D eigenvalue weighted by Gasteiger charge is -2.15. The first kappa shape index (κ1) is 21.6. The normalized spacial score (nSPS) is 12.1. The summed E-state index contributed by atoms with van der Waals surface area (Å²) in [6, 6.07) is 9.44. The van der Waals surface area contributed by atoms with Crippen LogP contribution in [0.2, 0.25) is 5.02 Å². The van der Waals surface area contributed by atoms with E-state index in [9.17, 15) is 17.6 Å². The molecule has 0 fully saturated rings. The molecule has 0 bridgehead atoms. The number of benzene rings is 2. The van der Waals surface area contributed by atoms with Gasteiger partial charge in [-0.05, 0) is 29.8 Å². The number of nitrogens with zero attached hydrogens (tertiary/aromatic N) is 3. The van der Waals surface area contributed by atoms with E-state index in [-0.39, 0.29) is 30.5 Å². The van der Waals surface area contributed by atoms with Gasteiger partial charge in [-0.3, -0.25) is 4.99 Å². The van der Waals surface area contributed by atoms with Crippen molar-refractivity contribution in [2.75, 3.05) is 7.05 Å². The van der Waals surface area contributed by atoms with Crippen molar-refractivity contribution in [2.45, 2.75) is 19.3 Å². The fraction of sp³-hybridized carbons (Fsp3) is 0.211. The number of aromatic nitrogens is 2. The third kappa shape index (κ3) is 5.47. The Labute approximate surface area is 174 Å². The van der Waals surface area contributed by atoms with E-state index in [0.29, 0.717) is 22.5 Å². The summed E-state index contributed by atoms with van der Waals surface area (Å²) in [5.41, 5.74) is -0.489. The second-order valence-corrected chi connectivity index (χ2v) is 6.54. The summed E-state index contributed by atoms with van der Waals surface area (Å²) in [5.74, 6) is -0.167. The summed E-state index contributed by atoms with van der Waals surface area (Å²) < 4.78 is 57.6. The minimum Gasteiger partial charge on any atom is -0.352 e. The maximum absolute atomic E-state index is 13.2. The van der Waals surface area contributed by atoms with E-state index < -0.39 is 17.6 Å². The van der Waals surface area contributed by atoms with Gasteiger partial charge in [-0.1, -0.05) is 35.0 Å². The van der Waals surface area contributed by atoms with E-state index in [2.05, 4.69) is 25.8 Å². The number of guanidine groups is 1. The quantitative estimate of drug-likeness (QED) is 0.348. The van der Waals surface area contributed by atoms with Crippen LogP contribution in [0.3, 0.4) is 0 Å². The standard InChI is InChI=1S/C19H16ClF4N5O/c1-25-18(26-9-12-5-6-14(21)8-15(12)19(22,23)24)27-10-16-28-17(29-30-16)11-3-2-4-13(20)7-11/h2-8H,9-10H2,1H3,(H2,25,26,27). The molecule has 11 heteroatoms. The molecule has 0 saturated heterocycles. The number of rotatable bonds is 5. The molecule has 0 unspecified atom stereocenters. The molecule has 30 heavy (non-hydrogen) atoms. The van der Waals surface area contributed by atoms with Gasteiger partial charge >= 0.3 is 6.18 Å². The zero-order valence-electron chi connectivity index (χ0n) is 15.6. The van der Waals surface area contributed by atoms with Crippen molar-refractivity contribution in [3.63, 3.8) is 0 Å². The first-order chi connectivity index (χ1) is 14.3. The van der Waals surface area contributed by atoms with Gasteiger partial charge in [-0.2, -0.15) is 18.2 Å². The topological polar surface area (TPSA) is 75.3 Å². The van der Waals surface area contributed by atoms with Crippen molar-refractivity contribution in [1.29, 1.82) is 0 Å². The van der Waals surface area contributed by atoms with Crippen LogP contribution < -0.4 is 10.6 Å². The highest BCUT2D eigenvalue weighted by Crippen LogP contribution is 2.32. The van der Waals surface area contributed by atoms with Crippen molar-refractivity contribution >= 4 is 17.6 Å². The van der Waals surface area contributed by atoms with E-state index in [1.54, 1.807) is 24.3 Å². The molecule has 0 aliphatic rings. The highest BCUT2D eigenvalue weighted by Gasteiger charge is 2.33. The van der Waals surface area contributed by atoms with Gasteiger partial charge in [0, 0.05) is 24.2 Å². The Morgan fingerprint density at radius 1 is 1.13 bits per heavy atom. The fourth-order valence-corrected chi connectivity index (χ4v) is 2.79. The molecule has 2 aromatic carbocycles. The molecular weight excluding hydrogens is 426 g/mol. The number of nitrogens with one attached hydrogen (secondary N) is 2. The number of aliphatic imine (C=N–C) groups is 1. The monoisotopic (exact) mass is 441 g/mol. The largest absolute Gasteiger partial charge is 0.416 e. The molecule has 0 spiro atoms. The van der Waals surface area contributed by atoms with Crippen LogP contribution in [0.15, 0.2) is 52.0 Å². The Morgan fingerprint density at radius 2 is 1.90 bits per heavy atom. The molecule has 0 atom stereocenters. The minimum atomic E-state index is -4.67. The van der Waals surface area contributed by atoms with Crippen molar-refractivity contribution in [1.82, 2.24) is 20.8 Å². The molecule has 3 aromatic rings. The molecule has 3 rings (SSSR count). The maximum Gasteiger partial charge on any atom is 0.416 e. The van der Waals surface area contributed by atoms with Crippen molar-refractivity contribution in [3.05, 3.63) is 70.3 Å². The van der Waals surface area contributed by atoms with Crippen LogP contribution in [-0.2, 0) is 19.3 Å². The Hall–Kier alpha value is -3.14. The van der Waals surface area contributed by atoms with Crippen molar-refractivity contribution < 1.29 is 22.1 Å². The van der Waals surface area contributed by atoms with Gasteiger partial charge in [0.05, 0.1) is 12.1 Å². The third-order valence-electron chi connectivity index (χ3n) is 4.01. The Bertz CT molecular complexity index is 1050. The lowest BCUT2D eigenvalue weighted by atomic mass is 10.1. The van der Waals surface area contributed by atoms with E-state index in [4.69, 9.17) is 16.1 Å². The van der Waals surface area contributed by atoms with E-state index in [1.807, 2.05) is 0 Å². The molecule has 0 aliphatic heterocycles. The van der Waals surface area contributed by atoms with Gasteiger partial charge in [0.1, 0.15) is 5.82 Å². The zero-order chi connectivity index (χ0) is 21.7. The predicted molar refractivity (Wildman–Crippen MR) is 103 cm³/mol. The van der Waals surface area contributed by atoms with Gasteiger partial charge in [-0.15, -0.1) is 0 Å². The van der Waals surface area contributed by atoms with Crippen LogP contribution in [-0.4, -0.2) is 23.1 Å². The summed E-state index contributed by atoms with van der Waals surface area (Å²) >= 11 is 5.94. The number of alkyl halides is 3. The Morgan fingerprint density at radius 3 is 2.60 bits per heavy atom. The number of hydrogen-bond acceptors (Lipinski definition) is 4. The van der Waals surface area contributed by atoms with Crippen LogP contribution in [0, 0.1) is 5.82 Å². The highest BCUT2D eigenvalue weighted by atomic mass is 35.5. The smallest absolute Gasteiger partial charge is 0.352 e. The predicted octanol–water partition coefficient (Wildman–Crippen LogP) is 4.41. The zero-order valence-corrected chi connectivity index (χ0v) is 16.4. The molecule has 1 heterocycles. The number of halogens is 5. The summed E-state index contributed by atoms with van der Waals surface area (Å²) in [6.07, 6.45) is -4.67. The maximum atomic E-state index is 13.2. The minimum absolute atomic E-state index is 0.0861. The highest BCUT2D eigenvalue weighted by molar-refractivity contribution is 6.30. The Balaban J connectivity index is 1.62. The third-order valence-corrected chi connectivity index (χ3v) is 4.24. The molecule has 0 aliphatic carbocycles. The van der Waals surface area contributed by atoms with Crippen LogP contribution in [0.4, 0.5) is 17.6 Å². The van der Waals surface area contributed by atoms with Crippen molar-refractivity contribution in [2.24, 2.45) is 4.99 Å². The van der Waals surface area contributed by atoms with Crippen molar-refractivity contribution in [3.8, 4) is 11.4 Å². The SMILES string of the molecule is CN=C(NCc1nc(-c2cccc(Cl)c2)no1)NCc1ccc(F)cc1C(F)(F)F. The van der Waals surface area contributed by atoms with Crippen LogP contribution in [0.1, 0.15) is 17.0 Å². The first-order valence-electron chi connectivity index (χ1n) is 8.65. The summed E-state index contributed by atoms with van der Waals surface area (Å²) in [5, 5.41) is 10.0. The molecule has 0 amide bonds. The molecule has 2 N–H and O–H groups in total. The molecule has 158 valence electrons. The van der Waals surface area contributed by atoms with Crippen LogP contribution >= 0.6 is 11.6 Å². The lowest BCUT2D eigenvalue weighted by molar-refractivity contribution is -0.138. The average molecular weight is 442 g/mol. The number of hydrogen-bond donors (Lipinski definition) is 2. The van der Waals surface area contributed by atoms with Gasteiger partial charge in [-0.25, -0.2) is 4.39 Å². The summed E-state index contributed by atoms with van der Waals surface area (Å²) in [6.45, 7) is -0.130. The Kier molecular flexibility index (Phi) is 6.56. The molecular formula is C19H16ClF4N5O. The second kappa shape index (κ2) is 9.12. The molecule has 6 nitrogen and oxygen atoms in total. The van der Waals surface area contributed by atoms with Crippen LogP contribution in [0.5, 0.6) is 0 Å². The van der Waals surface area contributed by atoms with Gasteiger partial charge < -0.3 is 15.2 Å². The molecule has 0 saturated carbocycles. The van der Waals surface area contributed by atoms with E-state index in [0.717, 1.165) is 12.1 Å². The van der Waals surface area contributed by atoms with Crippen LogP contribution in [0.25, 0.3) is 11.4 Å². The lowest BCUT2D eigenvalue weighted by Crippen LogP contribution is -2.36. The van der Waals surface area contributed by atoms with E-state index >= 15 is 0 Å².